The van der Waals surface area contributed by atoms with Gasteiger partial charge in [-0.05, 0) is 44.5 Å². The molecule has 3 N–H and O–H groups in total. The van der Waals surface area contributed by atoms with E-state index in [9.17, 15) is 9.59 Å². The zero-order chi connectivity index (χ0) is 14.6. The minimum absolute atomic E-state index is 0.139. The molecule has 5 nitrogen and oxygen atoms in total. The van der Waals surface area contributed by atoms with Crippen LogP contribution in [0.2, 0.25) is 0 Å². The molecule has 0 aliphatic carbocycles. The van der Waals surface area contributed by atoms with Crippen molar-refractivity contribution in [3.8, 4) is 0 Å². The van der Waals surface area contributed by atoms with E-state index in [4.69, 9.17) is 5.11 Å². The van der Waals surface area contributed by atoms with Crippen LogP contribution in [-0.4, -0.2) is 22.6 Å². The molecule has 0 fully saturated rings. The number of rotatable bonds is 4. The quantitative estimate of drug-likeness (QED) is 0.794. The van der Waals surface area contributed by atoms with Gasteiger partial charge < -0.3 is 15.7 Å². The van der Waals surface area contributed by atoms with Crippen molar-refractivity contribution in [3.05, 3.63) is 28.2 Å². The van der Waals surface area contributed by atoms with Crippen LogP contribution >= 0.6 is 15.9 Å². The van der Waals surface area contributed by atoms with Gasteiger partial charge in [0.15, 0.2) is 0 Å². The standard InChI is InChI=1S/C13H17BrN2O3/c1-8-6-9(14)4-5-10(8)15-12(19)16-13(2,3)7-11(17)18/h4-6H,7H2,1-3H3,(H,17,18)(H2,15,16,19). The van der Waals surface area contributed by atoms with E-state index in [0.29, 0.717) is 5.69 Å². The van der Waals surface area contributed by atoms with Crippen LogP contribution < -0.4 is 10.6 Å². The number of nitrogens with one attached hydrogen (secondary N) is 2. The Bertz CT molecular complexity index is 501. The summed E-state index contributed by atoms with van der Waals surface area (Å²) in [5.41, 5.74) is 0.798. The van der Waals surface area contributed by atoms with E-state index in [1.165, 1.54) is 0 Å². The number of hydrogen-bond acceptors (Lipinski definition) is 2. The molecule has 2 amide bonds. The van der Waals surface area contributed by atoms with Crippen molar-refractivity contribution in [2.24, 2.45) is 0 Å². The molecule has 0 heterocycles. The largest absolute Gasteiger partial charge is 0.481 e. The highest BCUT2D eigenvalue weighted by Gasteiger charge is 2.23. The van der Waals surface area contributed by atoms with E-state index < -0.39 is 17.5 Å². The fraction of sp³-hybridized carbons (Fsp3) is 0.385. The first-order valence-electron chi connectivity index (χ1n) is 5.77. The number of benzene rings is 1. The van der Waals surface area contributed by atoms with Gasteiger partial charge in [0.25, 0.3) is 0 Å². The molecule has 0 aliphatic heterocycles. The van der Waals surface area contributed by atoms with Gasteiger partial charge in [-0.2, -0.15) is 0 Å². The second-order valence-electron chi connectivity index (χ2n) is 4.99. The van der Waals surface area contributed by atoms with Gasteiger partial charge in [-0.3, -0.25) is 4.79 Å². The van der Waals surface area contributed by atoms with Crippen molar-refractivity contribution in [2.45, 2.75) is 32.7 Å². The molecule has 0 aromatic heterocycles. The third kappa shape index (κ3) is 5.30. The monoisotopic (exact) mass is 328 g/mol. The Morgan fingerprint density at radius 3 is 2.53 bits per heavy atom. The Morgan fingerprint density at radius 1 is 1.37 bits per heavy atom. The maximum absolute atomic E-state index is 11.8. The lowest BCUT2D eigenvalue weighted by atomic mass is 10.0. The summed E-state index contributed by atoms with van der Waals surface area (Å²) >= 11 is 3.34. The topological polar surface area (TPSA) is 78.4 Å². The second-order valence-corrected chi connectivity index (χ2v) is 5.91. The number of hydrogen-bond donors (Lipinski definition) is 3. The van der Waals surface area contributed by atoms with E-state index in [0.717, 1.165) is 10.0 Å². The fourth-order valence-corrected chi connectivity index (χ4v) is 2.13. The average molecular weight is 329 g/mol. The Kier molecular flexibility index (Phi) is 4.94. The maximum Gasteiger partial charge on any atom is 0.319 e. The molecule has 6 heteroatoms. The van der Waals surface area contributed by atoms with Crippen LogP contribution in [0.25, 0.3) is 0 Å². The summed E-state index contributed by atoms with van der Waals surface area (Å²) in [6, 6.07) is 5.07. The lowest BCUT2D eigenvalue weighted by Crippen LogP contribution is -2.46. The van der Waals surface area contributed by atoms with E-state index in [1.807, 2.05) is 19.1 Å². The second kappa shape index (κ2) is 6.06. The smallest absolute Gasteiger partial charge is 0.319 e. The van der Waals surface area contributed by atoms with E-state index >= 15 is 0 Å². The summed E-state index contributed by atoms with van der Waals surface area (Å²) in [5.74, 6) is -0.954. The van der Waals surface area contributed by atoms with Crippen molar-refractivity contribution in [1.82, 2.24) is 5.32 Å². The molecular formula is C13H17BrN2O3. The molecule has 0 aliphatic rings. The van der Waals surface area contributed by atoms with Crippen LogP contribution in [0.5, 0.6) is 0 Å². The van der Waals surface area contributed by atoms with Crippen LogP contribution in [-0.2, 0) is 4.79 Å². The summed E-state index contributed by atoms with van der Waals surface area (Å²) in [5, 5.41) is 14.1. The van der Waals surface area contributed by atoms with Crippen molar-refractivity contribution in [2.75, 3.05) is 5.32 Å². The minimum atomic E-state index is -0.954. The van der Waals surface area contributed by atoms with Crippen LogP contribution in [0.3, 0.4) is 0 Å². The van der Waals surface area contributed by atoms with Gasteiger partial charge >= 0.3 is 12.0 Å². The maximum atomic E-state index is 11.8. The number of carbonyl (C=O) groups is 2. The van der Waals surface area contributed by atoms with Gasteiger partial charge in [-0.25, -0.2) is 4.79 Å². The zero-order valence-electron chi connectivity index (χ0n) is 11.1. The van der Waals surface area contributed by atoms with Crippen molar-refractivity contribution in [3.63, 3.8) is 0 Å². The predicted octanol–water partition coefficient (Wildman–Crippen LogP) is 3.13. The van der Waals surface area contributed by atoms with Gasteiger partial charge in [0.1, 0.15) is 0 Å². The van der Waals surface area contributed by atoms with Gasteiger partial charge in [0.2, 0.25) is 0 Å². The van der Waals surface area contributed by atoms with Crippen molar-refractivity contribution in [1.29, 1.82) is 0 Å². The number of urea groups is 1. The highest BCUT2D eigenvalue weighted by Crippen LogP contribution is 2.20. The highest BCUT2D eigenvalue weighted by atomic mass is 79.9. The number of anilines is 1. The molecule has 104 valence electrons. The molecule has 19 heavy (non-hydrogen) atoms. The van der Waals surface area contributed by atoms with E-state index in [2.05, 4.69) is 26.6 Å². The molecule has 1 rings (SSSR count). The molecule has 0 saturated heterocycles. The van der Waals surface area contributed by atoms with Gasteiger partial charge in [0, 0.05) is 15.7 Å². The summed E-state index contributed by atoms with van der Waals surface area (Å²) in [6.45, 7) is 5.20. The van der Waals surface area contributed by atoms with Crippen molar-refractivity contribution >= 4 is 33.6 Å². The third-order valence-corrected chi connectivity index (χ3v) is 2.97. The number of carboxylic acids is 1. The van der Waals surface area contributed by atoms with E-state index in [-0.39, 0.29) is 6.42 Å². The summed E-state index contributed by atoms with van der Waals surface area (Å²) in [7, 11) is 0. The summed E-state index contributed by atoms with van der Waals surface area (Å²) in [4.78, 5) is 22.5. The Labute approximate surface area is 120 Å². The van der Waals surface area contributed by atoms with Crippen LogP contribution in [0.15, 0.2) is 22.7 Å². The first-order chi connectivity index (χ1) is 8.69. The molecule has 0 unspecified atom stereocenters. The number of aryl methyl sites for hydroxylation is 1. The third-order valence-electron chi connectivity index (χ3n) is 2.48. The number of halogens is 1. The number of amides is 2. The number of carbonyl (C=O) groups excluding carboxylic acids is 1. The van der Waals surface area contributed by atoms with Crippen LogP contribution in [0.1, 0.15) is 25.8 Å². The SMILES string of the molecule is Cc1cc(Br)ccc1NC(=O)NC(C)(C)CC(=O)O. The lowest BCUT2D eigenvalue weighted by Gasteiger charge is -2.24. The highest BCUT2D eigenvalue weighted by molar-refractivity contribution is 9.10. The number of carboxylic acid groups (broad SMARTS) is 1. The molecule has 0 spiro atoms. The molecular weight excluding hydrogens is 312 g/mol. The van der Waals surface area contributed by atoms with Gasteiger partial charge in [0.05, 0.1) is 6.42 Å². The molecule has 0 atom stereocenters. The summed E-state index contributed by atoms with van der Waals surface area (Å²) < 4.78 is 0.933. The fourth-order valence-electron chi connectivity index (χ4n) is 1.65. The lowest BCUT2D eigenvalue weighted by molar-refractivity contribution is -0.138. The molecule has 1 aromatic rings. The Balaban J connectivity index is 2.67. The summed E-state index contributed by atoms with van der Waals surface area (Å²) in [6.07, 6.45) is -0.139. The van der Waals surface area contributed by atoms with Crippen LogP contribution in [0, 0.1) is 6.92 Å². The first kappa shape index (κ1) is 15.5. The Hall–Kier alpha value is -1.56. The van der Waals surface area contributed by atoms with E-state index in [1.54, 1.807) is 19.9 Å². The number of aliphatic carboxylic acids is 1. The minimum Gasteiger partial charge on any atom is -0.481 e. The van der Waals surface area contributed by atoms with Crippen molar-refractivity contribution < 1.29 is 14.7 Å². The average Bonchev–Trinajstić information content (AvgIpc) is 2.19. The normalized spacial score (nSPS) is 10.9. The predicted molar refractivity (Wildman–Crippen MR) is 77.4 cm³/mol. The first-order valence-corrected chi connectivity index (χ1v) is 6.56. The molecule has 0 radical (unpaired) electrons. The van der Waals surface area contributed by atoms with Gasteiger partial charge in [-0.15, -0.1) is 0 Å². The molecule has 1 aromatic carbocycles. The Morgan fingerprint density at radius 2 is 2.00 bits per heavy atom. The van der Waals surface area contributed by atoms with Crippen LogP contribution in [0.4, 0.5) is 10.5 Å². The van der Waals surface area contributed by atoms with Gasteiger partial charge in [-0.1, -0.05) is 15.9 Å². The zero-order valence-corrected chi connectivity index (χ0v) is 12.7. The molecule has 0 saturated carbocycles. The molecule has 0 bridgehead atoms.